The van der Waals surface area contributed by atoms with Crippen LogP contribution in [0.4, 0.5) is 11.4 Å². The van der Waals surface area contributed by atoms with Gasteiger partial charge in [-0.2, -0.15) is 10.2 Å². The molecule has 0 fully saturated rings. The molecule has 0 spiro atoms. The zero-order valence-electron chi connectivity index (χ0n) is 21.5. The number of methoxy groups -OCH3 is 2. The number of ether oxygens (including phenoxy) is 2. The maximum atomic E-state index is 11.8. The van der Waals surface area contributed by atoms with Crippen LogP contribution >= 0.6 is 0 Å². The molecule has 0 amide bonds. The van der Waals surface area contributed by atoms with Crippen molar-refractivity contribution in [2.45, 2.75) is 39.5 Å². The van der Waals surface area contributed by atoms with E-state index in [1.54, 1.807) is 30.6 Å². The molecule has 0 atom stereocenters. The van der Waals surface area contributed by atoms with E-state index in [9.17, 15) is 9.59 Å². The van der Waals surface area contributed by atoms with Crippen LogP contribution < -0.4 is 11.5 Å². The van der Waals surface area contributed by atoms with Gasteiger partial charge in [0.15, 0.2) is 0 Å². The molecule has 4 N–H and O–H groups in total. The Bertz CT molecular complexity index is 1280. The van der Waals surface area contributed by atoms with E-state index in [0.29, 0.717) is 28.1 Å². The lowest BCUT2D eigenvalue weighted by Crippen LogP contribution is -2.08. The predicted octanol–water partition coefficient (Wildman–Crippen LogP) is 4.80. The number of carbonyl (C=O) groups excluding carboxylic acids is 2. The zero-order chi connectivity index (χ0) is 27.0. The summed E-state index contributed by atoms with van der Waals surface area (Å²) >= 11 is 0. The number of hydrogen-bond donors (Lipinski definition) is 2. The third kappa shape index (κ3) is 6.39. The molecule has 0 aliphatic heterocycles. The highest BCUT2D eigenvalue weighted by Gasteiger charge is 2.17. The van der Waals surface area contributed by atoms with Crippen LogP contribution in [-0.2, 0) is 9.47 Å². The largest absolute Gasteiger partial charge is 0.465 e. The molecule has 8 nitrogen and oxygen atoms in total. The first-order valence-corrected chi connectivity index (χ1v) is 11.3. The number of nitrogens with two attached hydrogens (primary N) is 2. The minimum atomic E-state index is -0.468. The minimum Gasteiger partial charge on any atom is -0.465 e. The summed E-state index contributed by atoms with van der Waals surface area (Å²) in [5.74, 6) is 2.18. The Kier molecular flexibility index (Phi) is 9.57. The number of carbonyl (C=O) groups is 2. The number of esters is 2. The molecular formula is C28H32N4O4. The Labute approximate surface area is 212 Å². The first-order chi connectivity index (χ1) is 17.0. The highest BCUT2D eigenvalue weighted by atomic mass is 16.5. The van der Waals surface area contributed by atoms with Gasteiger partial charge >= 0.3 is 11.9 Å². The number of aromatic nitrogens is 2. The maximum absolute atomic E-state index is 11.8. The molecule has 0 unspecified atom stereocenters. The van der Waals surface area contributed by atoms with Crippen LogP contribution in [0.2, 0.25) is 0 Å². The van der Waals surface area contributed by atoms with Gasteiger partial charge in [-0.05, 0) is 58.9 Å². The number of nitrogen functional groups attached to an aromatic ring is 2. The molecule has 0 bridgehead atoms. The Hall–Kier alpha value is -4.38. The second kappa shape index (κ2) is 12.4. The van der Waals surface area contributed by atoms with Gasteiger partial charge < -0.3 is 20.9 Å². The van der Waals surface area contributed by atoms with Crippen molar-refractivity contribution in [2.24, 2.45) is 0 Å². The third-order valence-corrected chi connectivity index (χ3v) is 5.55. The van der Waals surface area contributed by atoms with Crippen LogP contribution in [0.1, 0.15) is 76.9 Å². The van der Waals surface area contributed by atoms with Gasteiger partial charge in [-0.3, -0.25) is 0 Å². The van der Waals surface area contributed by atoms with E-state index in [4.69, 9.17) is 22.6 Å². The molecule has 0 aliphatic rings. The van der Waals surface area contributed by atoms with Gasteiger partial charge in [-0.15, -0.1) is 6.42 Å². The number of nitrogens with zero attached hydrogens (tertiary/aromatic N) is 2. The highest BCUT2D eigenvalue weighted by molar-refractivity contribution is 5.97. The predicted molar refractivity (Wildman–Crippen MR) is 142 cm³/mol. The van der Waals surface area contributed by atoms with Crippen LogP contribution in [-0.4, -0.2) is 36.4 Å². The first-order valence-electron chi connectivity index (χ1n) is 11.3. The summed E-state index contributed by atoms with van der Waals surface area (Å²) in [5, 5.41) is 7.65. The van der Waals surface area contributed by atoms with Crippen LogP contribution in [0.5, 0.6) is 0 Å². The van der Waals surface area contributed by atoms with Crippen molar-refractivity contribution in [2.75, 3.05) is 25.7 Å². The molecule has 36 heavy (non-hydrogen) atoms. The maximum Gasteiger partial charge on any atom is 0.339 e. The Morgan fingerprint density at radius 3 is 1.83 bits per heavy atom. The highest BCUT2D eigenvalue weighted by Crippen LogP contribution is 2.33. The lowest BCUT2D eigenvalue weighted by atomic mass is 9.91. The molecule has 0 saturated heterocycles. The lowest BCUT2D eigenvalue weighted by molar-refractivity contribution is 0.0593. The van der Waals surface area contributed by atoms with Gasteiger partial charge in [0.25, 0.3) is 0 Å². The smallest absolute Gasteiger partial charge is 0.339 e. The van der Waals surface area contributed by atoms with Crippen molar-refractivity contribution in [3.8, 4) is 23.5 Å². The summed E-state index contributed by atoms with van der Waals surface area (Å²) in [6.07, 6.45) is 8.69. The van der Waals surface area contributed by atoms with Crippen LogP contribution in [0.15, 0.2) is 42.7 Å². The molecule has 2 aromatic carbocycles. The van der Waals surface area contributed by atoms with E-state index in [2.05, 4.69) is 34.7 Å². The Morgan fingerprint density at radius 1 is 0.861 bits per heavy atom. The SMILES string of the molecule is C#Cc1cc(C(=O)OC)c(N)cc1C(C)C.COC(=O)c1cc(-c2ccnnc2)c(C(C)C)cc1N. The van der Waals surface area contributed by atoms with Crippen molar-refractivity contribution in [3.63, 3.8) is 0 Å². The van der Waals surface area contributed by atoms with Crippen molar-refractivity contribution < 1.29 is 19.1 Å². The first kappa shape index (κ1) is 27.9. The van der Waals surface area contributed by atoms with Crippen LogP contribution in [0.25, 0.3) is 11.1 Å². The number of hydrogen-bond acceptors (Lipinski definition) is 8. The molecule has 0 aliphatic carbocycles. The van der Waals surface area contributed by atoms with Crippen LogP contribution in [0.3, 0.4) is 0 Å². The number of rotatable bonds is 5. The summed E-state index contributed by atoms with van der Waals surface area (Å²) < 4.78 is 9.39. The van der Waals surface area contributed by atoms with Gasteiger partial charge in [-0.1, -0.05) is 33.6 Å². The fourth-order valence-corrected chi connectivity index (χ4v) is 3.62. The van der Waals surface area contributed by atoms with Gasteiger partial charge in [0.2, 0.25) is 0 Å². The Balaban J connectivity index is 0.000000261. The van der Waals surface area contributed by atoms with Gasteiger partial charge in [0, 0.05) is 22.5 Å². The van der Waals surface area contributed by atoms with Crippen molar-refractivity contribution in [1.82, 2.24) is 10.2 Å². The molecular weight excluding hydrogens is 456 g/mol. The van der Waals surface area contributed by atoms with Crippen LogP contribution in [0, 0.1) is 12.3 Å². The topological polar surface area (TPSA) is 130 Å². The van der Waals surface area contributed by atoms with Gasteiger partial charge in [-0.25, -0.2) is 9.59 Å². The molecule has 1 heterocycles. The fourth-order valence-electron chi connectivity index (χ4n) is 3.62. The second-order valence-corrected chi connectivity index (χ2v) is 8.62. The number of benzene rings is 2. The summed E-state index contributed by atoms with van der Waals surface area (Å²) in [6, 6.07) is 8.79. The van der Waals surface area contributed by atoms with E-state index in [1.807, 2.05) is 26.0 Å². The molecule has 1 aromatic heterocycles. The Morgan fingerprint density at radius 2 is 1.39 bits per heavy atom. The lowest BCUT2D eigenvalue weighted by Gasteiger charge is -2.16. The summed E-state index contributed by atoms with van der Waals surface area (Å²) in [4.78, 5) is 23.2. The summed E-state index contributed by atoms with van der Waals surface area (Å²) in [7, 11) is 2.65. The molecule has 188 valence electrons. The molecule has 3 rings (SSSR count). The number of terminal acetylenes is 1. The average molecular weight is 489 g/mol. The number of anilines is 2. The van der Waals surface area contributed by atoms with E-state index in [0.717, 1.165) is 22.3 Å². The summed E-state index contributed by atoms with van der Waals surface area (Å²) in [6.45, 7) is 8.19. The minimum absolute atomic E-state index is 0.264. The monoisotopic (exact) mass is 488 g/mol. The van der Waals surface area contributed by atoms with Crippen molar-refractivity contribution in [3.05, 3.63) is 70.5 Å². The fraction of sp³-hybridized carbons (Fsp3) is 0.286. The van der Waals surface area contributed by atoms with E-state index in [1.165, 1.54) is 14.2 Å². The van der Waals surface area contributed by atoms with E-state index < -0.39 is 11.9 Å². The summed E-state index contributed by atoms with van der Waals surface area (Å²) in [5.41, 5.74) is 17.8. The van der Waals surface area contributed by atoms with Gasteiger partial charge in [0.1, 0.15) is 0 Å². The zero-order valence-corrected chi connectivity index (χ0v) is 21.5. The van der Waals surface area contributed by atoms with Crippen molar-refractivity contribution in [1.29, 1.82) is 0 Å². The van der Waals surface area contributed by atoms with E-state index in [-0.39, 0.29) is 11.8 Å². The molecule has 0 radical (unpaired) electrons. The standard InChI is InChI=1S/C15H17N3O2.C13H15NO2/c1-9(2)11-7-14(16)13(15(19)20-3)6-12(11)10-4-5-17-18-8-10;1-5-9-6-11(13(15)16-4)12(14)7-10(9)8(2)3/h4-9H,16H2,1-3H3;1,6-8H,14H2,2-4H3. The molecule has 8 heteroatoms. The average Bonchev–Trinajstić information content (AvgIpc) is 2.88. The molecule has 0 saturated carbocycles. The van der Waals surface area contributed by atoms with Crippen molar-refractivity contribution >= 4 is 23.3 Å². The second-order valence-electron chi connectivity index (χ2n) is 8.62. The normalized spacial score (nSPS) is 10.3. The quantitative estimate of drug-likeness (QED) is 0.298. The van der Waals surface area contributed by atoms with E-state index >= 15 is 0 Å². The van der Waals surface area contributed by atoms with Gasteiger partial charge in [0.05, 0.1) is 37.7 Å². The third-order valence-electron chi connectivity index (χ3n) is 5.55. The molecule has 3 aromatic rings.